The molecule has 0 aromatic carbocycles. The van der Waals surface area contributed by atoms with E-state index >= 15 is 0 Å². The molecule has 1 rings (SSSR count). The van der Waals surface area contributed by atoms with Gasteiger partial charge in [-0.25, -0.2) is 0 Å². The van der Waals surface area contributed by atoms with Crippen LogP contribution in [0.25, 0.3) is 0 Å². The van der Waals surface area contributed by atoms with Crippen LogP contribution in [0.2, 0.25) is 0 Å². The van der Waals surface area contributed by atoms with Gasteiger partial charge in [-0.1, -0.05) is 19.8 Å². The van der Waals surface area contributed by atoms with Crippen molar-refractivity contribution in [1.29, 1.82) is 0 Å². The van der Waals surface area contributed by atoms with E-state index in [0.29, 0.717) is 5.54 Å². The summed E-state index contributed by atoms with van der Waals surface area (Å²) in [7, 11) is 0. The minimum absolute atomic E-state index is 0.285. The molecular weight excluding hydrogens is 196 g/mol. The number of nitrogens with one attached hydrogen (secondary N) is 1. The molecule has 0 saturated carbocycles. The van der Waals surface area contributed by atoms with E-state index in [4.69, 9.17) is 0 Å². The predicted molar refractivity (Wildman–Crippen MR) is 71.9 cm³/mol. The number of unbranched alkanes of at least 4 members (excludes halogenated alkanes) is 2. The van der Waals surface area contributed by atoms with Crippen LogP contribution in [0.4, 0.5) is 0 Å². The Balaban J connectivity index is 2.69. The van der Waals surface area contributed by atoms with E-state index in [-0.39, 0.29) is 5.54 Å². The largest absolute Gasteiger partial charge is 0.315 e. The van der Waals surface area contributed by atoms with Crippen LogP contribution in [0.1, 0.15) is 60.3 Å². The zero-order chi connectivity index (χ0) is 12.2. The normalized spacial score (nSPS) is 25.3. The molecule has 2 nitrogen and oxygen atoms in total. The van der Waals surface area contributed by atoms with Crippen LogP contribution >= 0.6 is 0 Å². The van der Waals surface area contributed by atoms with Crippen molar-refractivity contribution in [3.63, 3.8) is 0 Å². The lowest BCUT2D eigenvalue weighted by Gasteiger charge is -2.47. The highest BCUT2D eigenvalue weighted by molar-refractivity contribution is 4.96. The van der Waals surface area contributed by atoms with Crippen molar-refractivity contribution >= 4 is 0 Å². The molecule has 1 N–H and O–H groups in total. The van der Waals surface area contributed by atoms with Gasteiger partial charge >= 0.3 is 0 Å². The van der Waals surface area contributed by atoms with Crippen LogP contribution < -0.4 is 5.32 Å². The maximum absolute atomic E-state index is 3.57. The zero-order valence-electron chi connectivity index (χ0n) is 11.9. The molecule has 1 aliphatic heterocycles. The Labute approximate surface area is 102 Å². The Hall–Kier alpha value is -0.0800. The standard InChI is InChI=1S/C14H30N2/c1-6-7-8-11-16-13(2,3)9-10-15-12-14(16,4)5/h15H,6-12H2,1-5H3. The van der Waals surface area contributed by atoms with Gasteiger partial charge in [0.05, 0.1) is 0 Å². The monoisotopic (exact) mass is 226 g/mol. The second kappa shape index (κ2) is 5.50. The molecule has 1 aliphatic rings. The van der Waals surface area contributed by atoms with Crippen molar-refractivity contribution in [2.75, 3.05) is 19.6 Å². The average molecular weight is 226 g/mol. The van der Waals surface area contributed by atoms with Gasteiger partial charge in [-0.05, 0) is 53.6 Å². The lowest BCUT2D eigenvalue weighted by atomic mass is 9.91. The summed E-state index contributed by atoms with van der Waals surface area (Å²) < 4.78 is 0. The Morgan fingerprint density at radius 1 is 1.06 bits per heavy atom. The summed E-state index contributed by atoms with van der Waals surface area (Å²) in [6, 6.07) is 0. The molecule has 0 unspecified atom stereocenters. The maximum atomic E-state index is 3.57. The number of hydrogen-bond acceptors (Lipinski definition) is 2. The molecular formula is C14H30N2. The minimum atomic E-state index is 0.285. The van der Waals surface area contributed by atoms with Crippen LogP contribution in [-0.2, 0) is 0 Å². The SMILES string of the molecule is CCCCCN1C(C)(C)CCNCC1(C)C. The van der Waals surface area contributed by atoms with Gasteiger partial charge in [-0.3, -0.25) is 4.90 Å². The molecule has 1 saturated heterocycles. The van der Waals surface area contributed by atoms with Gasteiger partial charge in [-0.15, -0.1) is 0 Å². The van der Waals surface area contributed by atoms with Crippen molar-refractivity contribution in [3.8, 4) is 0 Å². The molecule has 1 heterocycles. The summed E-state index contributed by atoms with van der Waals surface area (Å²) in [5.74, 6) is 0. The fourth-order valence-corrected chi connectivity index (χ4v) is 2.96. The predicted octanol–water partition coefficient (Wildman–Crippen LogP) is 3.03. The van der Waals surface area contributed by atoms with Gasteiger partial charge in [0.1, 0.15) is 0 Å². The summed E-state index contributed by atoms with van der Waals surface area (Å²) in [5, 5.41) is 3.57. The van der Waals surface area contributed by atoms with Crippen LogP contribution in [0.15, 0.2) is 0 Å². The first-order chi connectivity index (χ1) is 7.40. The van der Waals surface area contributed by atoms with E-state index in [1.54, 1.807) is 0 Å². The van der Waals surface area contributed by atoms with Crippen LogP contribution in [-0.4, -0.2) is 35.6 Å². The first-order valence-corrected chi connectivity index (χ1v) is 6.88. The molecule has 0 radical (unpaired) electrons. The molecule has 0 spiro atoms. The molecule has 0 aromatic rings. The fourth-order valence-electron chi connectivity index (χ4n) is 2.96. The lowest BCUT2D eigenvalue weighted by molar-refractivity contribution is 0.0261. The third-order valence-corrected chi connectivity index (χ3v) is 3.92. The average Bonchev–Trinajstić information content (AvgIpc) is 2.27. The van der Waals surface area contributed by atoms with Crippen molar-refractivity contribution in [1.82, 2.24) is 10.2 Å². The van der Waals surface area contributed by atoms with Crippen LogP contribution in [0.5, 0.6) is 0 Å². The second-order valence-electron chi connectivity index (χ2n) is 6.41. The van der Waals surface area contributed by atoms with Crippen molar-refractivity contribution in [2.45, 2.75) is 71.4 Å². The molecule has 0 amide bonds. The summed E-state index contributed by atoms with van der Waals surface area (Å²) in [6.07, 6.45) is 5.26. The second-order valence-corrected chi connectivity index (χ2v) is 6.41. The Kier molecular flexibility index (Phi) is 4.81. The van der Waals surface area contributed by atoms with Gasteiger partial charge in [0, 0.05) is 17.6 Å². The minimum Gasteiger partial charge on any atom is -0.315 e. The molecule has 1 fully saturated rings. The fraction of sp³-hybridized carbons (Fsp3) is 1.00. The first-order valence-electron chi connectivity index (χ1n) is 6.88. The number of hydrogen-bond donors (Lipinski definition) is 1. The summed E-state index contributed by atoms with van der Waals surface area (Å²) in [6.45, 7) is 15.3. The maximum Gasteiger partial charge on any atom is 0.0282 e. The van der Waals surface area contributed by atoms with E-state index in [0.717, 1.165) is 13.1 Å². The number of rotatable bonds is 4. The number of nitrogens with zero attached hydrogens (tertiary/aromatic N) is 1. The van der Waals surface area contributed by atoms with E-state index in [9.17, 15) is 0 Å². The first kappa shape index (κ1) is 14.0. The molecule has 0 bridgehead atoms. The molecule has 2 heteroatoms. The van der Waals surface area contributed by atoms with Crippen LogP contribution in [0.3, 0.4) is 0 Å². The Morgan fingerprint density at radius 3 is 2.38 bits per heavy atom. The highest BCUT2D eigenvalue weighted by Crippen LogP contribution is 2.30. The Morgan fingerprint density at radius 2 is 1.75 bits per heavy atom. The van der Waals surface area contributed by atoms with Crippen LogP contribution in [0, 0.1) is 0 Å². The van der Waals surface area contributed by atoms with Gasteiger partial charge in [0.2, 0.25) is 0 Å². The summed E-state index contributed by atoms with van der Waals surface area (Å²) >= 11 is 0. The van der Waals surface area contributed by atoms with E-state index in [1.165, 1.54) is 32.2 Å². The molecule has 0 aliphatic carbocycles. The van der Waals surface area contributed by atoms with E-state index in [2.05, 4.69) is 44.8 Å². The topological polar surface area (TPSA) is 15.3 Å². The molecule has 16 heavy (non-hydrogen) atoms. The van der Waals surface area contributed by atoms with E-state index < -0.39 is 0 Å². The van der Waals surface area contributed by atoms with Gasteiger partial charge in [-0.2, -0.15) is 0 Å². The zero-order valence-corrected chi connectivity index (χ0v) is 11.9. The van der Waals surface area contributed by atoms with Crippen molar-refractivity contribution in [3.05, 3.63) is 0 Å². The van der Waals surface area contributed by atoms with Gasteiger partial charge in [0.15, 0.2) is 0 Å². The van der Waals surface area contributed by atoms with Crippen molar-refractivity contribution < 1.29 is 0 Å². The highest BCUT2D eigenvalue weighted by atomic mass is 15.3. The molecule has 0 aromatic heterocycles. The van der Waals surface area contributed by atoms with Gasteiger partial charge in [0.25, 0.3) is 0 Å². The Bertz CT molecular complexity index is 191. The van der Waals surface area contributed by atoms with Gasteiger partial charge < -0.3 is 5.32 Å². The summed E-state index contributed by atoms with van der Waals surface area (Å²) in [4.78, 5) is 2.72. The highest BCUT2D eigenvalue weighted by Gasteiger charge is 2.38. The smallest absolute Gasteiger partial charge is 0.0282 e. The van der Waals surface area contributed by atoms with Crippen molar-refractivity contribution in [2.24, 2.45) is 0 Å². The molecule has 96 valence electrons. The molecule has 0 atom stereocenters. The third kappa shape index (κ3) is 3.46. The third-order valence-electron chi connectivity index (χ3n) is 3.92. The lowest BCUT2D eigenvalue weighted by Crippen LogP contribution is -2.56. The quantitative estimate of drug-likeness (QED) is 0.741. The van der Waals surface area contributed by atoms with E-state index in [1.807, 2.05) is 0 Å². The summed E-state index contributed by atoms with van der Waals surface area (Å²) in [5.41, 5.74) is 0.620.